The van der Waals surface area contributed by atoms with E-state index in [-0.39, 0.29) is 11.8 Å². The van der Waals surface area contributed by atoms with Crippen LogP contribution in [0.3, 0.4) is 0 Å². The lowest BCUT2D eigenvalue weighted by molar-refractivity contribution is -0.133. The third-order valence-electron chi connectivity index (χ3n) is 6.43. The van der Waals surface area contributed by atoms with Gasteiger partial charge in [-0.1, -0.05) is 19.8 Å². The Morgan fingerprint density at radius 2 is 1.85 bits per heavy atom. The number of carbonyl (C=O) groups is 1. The van der Waals surface area contributed by atoms with E-state index in [2.05, 4.69) is 24.3 Å². The molecule has 2 bridgehead atoms. The molecule has 2 aliphatic heterocycles. The van der Waals surface area contributed by atoms with Crippen molar-refractivity contribution in [3.8, 4) is 0 Å². The predicted octanol–water partition coefficient (Wildman–Crippen LogP) is 1.90. The number of rotatable bonds is 2. The highest BCUT2D eigenvalue weighted by Crippen LogP contribution is 2.48. The molecule has 0 spiro atoms. The monoisotopic (exact) mass is 279 g/mol. The summed E-state index contributed by atoms with van der Waals surface area (Å²) in [6.07, 6.45) is 8.91. The number of amides is 1. The van der Waals surface area contributed by atoms with E-state index in [0.29, 0.717) is 18.0 Å². The van der Waals surface area contributed by atoms with E-state index in [1.807, 2.05) is 0 Å². The maximum atomic E-state index is 12.4. The van der Waals surface area contributed by atoms with Gasteiger partial charge in [-0.25, -0.2) is 5.84 Å². The first kappa shape index (κ1) is 14.3. The molecule has 0 aromatic heterocycles. The summed E-state index contributed by atoms with van der Waals surface area (Å²) in [5.41, 5.74) is 2.45. The van der Waals surface area contributed by atoms with E-state index < -0.39 is 0 Å². The third kappa shape index (κ3) is 2.37. The molecule has 4 nitrogen and oxygen atoms in total. The van der Waals surface area contributed by atoms with Crippen molar-refractivity contribution in [2.24, 2.45) is 29.5 Å². The van der Waals surface area contributed by atoms with Crippen LogP contribution < -0.4 is 11.3 Å². The van der Waals surface area contributed by atoms with Crippen LogP contribution in [0.5, 0.6) is 0 Å². The van der Waals surface area contributed by atoms with E-state index >= 15 is 0 Å². The van der Waals surface area contributed by atoms with Crippen molar-refractivity contribution in [2.75, 3.05) is 7.05 Å². The van der Waals surface area contributed by atoms with Crippen molar-refractivity contribution in [3.63, 3.8) is 0 Å². The van der Waals surface area contributed by atoms with Crippen LogP contribution >= 0.6 is 0 Å². The smallest absolute Gasteiger partial charge is 0.238 e. The van der Waals surface area contributed by atoms with E-state index in [1.54, 1.807) is 0 Å². The van der Waals surface area contributed by atoms with Gasteiger partial charge in [0.1, 0.15) is 0 Å². The topological polar surface area (TPSA) is 58.4 Å². The lowest BCUT2D eigenvalue weighted by Gasteiger charge is -2.46. The molecule has 0 radical (unpaired) electrons. The van der Waals surface area contributed by atoms with Gasteiger partial charge in [-0.3, -0.25) is 15.1 Å². The number of nitrogens with two attached hydrogens (primary N) is 1. The average Bonchev–Trinajstić information content (AvgIpc) is 2.70. The van der Waals surface area contributed by atoms with Crippen LogP contribution in [0.4, 0.5) is 0 Å². The number of fused-ring (bicyclic) bond motifs is 2. The second-order valence-electron chi connectivity index (χ2n) is 7.42. The molecule has 4 atom stereocenters. The number of hydrogen-bond acceptors (Lipinski definition) is 3. The number of piperidine rings is 1. The fourth-order valence-electron chi connectivity index (χ4n) is 5.17. The largest absolute Gasteiger partial charge is 0.300 e. The quantitative estimate of drug-likeness (QED) is 0.461. The Hall–Kier alpha value is -0.610. The first-order valence-corrected chi connectivity index (χ1v) is 8.34. The lowest BCUT2D eigenvalue weighted by Crippen LogP contribution is -2.55. The van der Waals surface area contributed by atoms with Crippen LogP contribution in [0.2, 0.25) is 0 Å². The van der Waals surface area contributed by atoms with E-state index in [4.69, 9.17) is 5.84 Å². The molecule has 2 heterocycles. The zero-order valence-corrected chi connectivity index (χ0v) is 12.8. The van der Waals surface area contributed by atoms with Crippen LogP contribution in [-0.2, 0) is 4.79 Å². The summed E-state index contributed by atoms with van der Waals surface area (Å²) in [7, 11) is 2.19. The predicted molar refractivity (Wildman–Crippen MR) is 79.6 cm³/mol. The molecule has 2 saturated heterocycles. The van der Waals surface area contributed by atoms with Gasteiger partial charge in [-0.05, 0) is 56.9 Å². The number of hydrazine groups is 1. The molecule has 3 rings (SSSR count). The highest BCUT2D eigenvalue weighted by molar-refractivity contribution is 5.79. The van der Waals surface area contributed by atoms with Crippen molar-refractivity contribution in [2.45, 2.75) is 64.0 Å². The fraction of sp³-hybridized carbons (Fsp3) is 0.938. The van der Waals surface area contributed by atoms with Gasteiger partial charge >= 0.3 is 0 Å². The molecule has 0 aromatic carbocycles. The van der Waals surface area contributed by atoms with Gasteiger partial charge in [0.15, 0.2) is 0 Å². The van der Waals surface area contributed by atoms with Crippen LogP contribution in [0.15, 0.2) is 0 Å². The first-order valence-electron chi connectivity index (χ1n) is 8.34. The van der Waals surface area contributed by atoms with Gasteiger partial charge in [-0.15, -0.1) is 0 Å². The SMILES string of the molecule is CC1CCC([C@H]2C[C@H]3CCC(C2C(=O)NN)N3C)CC1. The van der Waals surface area contributed by atoms with Gasteiger partial charge in [0.25, 0.3) is 0 Å². The number of carbonyl (C=O) groups excluding carboxylic acids is 1. The standard InChI is InChI=1S/C16H29N3O/c1-10-3-5-11(6-4-10)13-9-12-7-8-14(19(12)2)15(13)16(20)18-17/h10-15H,3-9,17H2,1-2H3,(H,18,20)/t10?,11?,12-,13-,14?,15?/m1/s1. The Morgan fingerprint density at radius 3 is 2.50 bits per heavy atom. The first-order chi connectivity index (χ1) is 9.61. The second-order valence-corrected chi connectivity index (χ2v) is 7.42. The minimum Gasteiger partial charge on any atom is -0.300 e. The Kier molecular flexibility index (Phi) is 4.04. The van der Waals surface area contributed by atoms with E-state index in [1.165, 1.54) is 44.9 Å². The molecule has 3 fully saturated rings. The van der Waals surface area contributed by atoms with Crippen molar-refractivity contribution in [3.05, 3.63) is 0 Å². The van der Waals surface area contributed by atoms with Gasteiger partial charge in [0.2, 0.25) is 5.91 Å². The average molecular weight is 279 g/mol. The molecule has 20 heavy (non-hydrogen) atoms. The summed E-state index contributed by atoms with van der Waals surface area (Å²) in [6, 6.07) is 1.12. The summed E-state index contributed by atoms with van der Waals surface area (Å²) in [4.78, 5) is 14.8. The molecular weight excluding hydrogens is 250 g/mol. The normalized spacial score (nSPS) is 45.4. The van der Waals surface area contributed by atoms with Gasteiger partial charge < -0.3 is 0 Å². The summed E-state index contributed by atoms with van der Waals surface area (Å²) in [5, 5.41) is 0. The lowest BCUT2D eigenvalue weighted by atomic mass is 9.67. The highest BCUT2D eigenvalue weighted by Gasteiger charge is 2.50. The second kappa shape index (κ2) is 5.64. The molecule has 0 aromatic rings. The summed E-state index contributed by atoms with van der Waals surface area (Å²) in [5.74, 6) is 7.83. The highest BCUT2D eigenvalue weighted by atomic mass is 16.2. The minimum atomic E-state index is 0.0748. The maximum absolute atomic E-state index is 12.4. The van der Waals surface area contributed by atoms with Crippen LogP contribution in [0.25, 0.3) is 0 Å². The Labute approximate surface area is 122 Å². The molecule has 2 unspecified atom stereocenters. The van der Waals surface area contributed by atoms with E-state index in [0.717, 1.165) is 11.8 Å². The molecule has 4 heteroatoms. The molecule has 1 amide bonds. The molecule has 114 valence electrons. The van der Waals surface area contributed by atoms with Gasteiger partial charge in [-0.2, -0.15) is 0 Å². The van der Waals surface area contributed by atoms with E-state index in [9.17, 15) is 4.79 Å². The summed E-state index contributed by atoms with van der Waals surface area (Å²) < 4.78 is 0. The van der Waals surface area contributed by atoms with Crippen molar-refractivity contribution >= 4 is 5.91 Å². The van der Waals surface area contributed by atoms with Gasteiger partial charge in [0, 0.05) is 12.1 Å². The number of nitrogens with one attached hydrogen (secondary N) is 1. The molecule has 1 saturated carbocycles. The van der Waals surface area contributed by atoms with Crippen molar-refractivity contribution in [1.82, 2.24) is 10.3 Å². The number of nitrogens with zero attached hydrogens (tertiary/aromatic N) is 1. The molecule has 1 aliphatic carbocycles. The third-order valence-corrected chi connectivity index (χ3v) is 6.43. The molecule has 3 aliphatic rings. The van der Waals surface area contributed by atoms with Crippen LogP contribution in [-0.4, -0.2) is 29.9 Å². The fourth-order valence-corrected chi connectivity index (χ4v) is 5.17. The molecular formula is C16H29N3O. The Morgan fingerprint density at radius 1 is 1.15 bits per heavy atom. The minimum absolute atomic E-state index is 0.0748. The Balaban J connectivity index is 1.79. The van der Waals surface area contributed by atoms with Crippen molar-refractivity contribution < 1.29 is 4.79 Å². The zero-order valence-electron chi connectivity index (χ0n) is 12.8. The zero-order chi connectivity index (χ0) is 14.3. The maximum Gasteiger partial charge on any atom is 0.238 e. The number of hydrogen-bond donors (Lipinski definition) is 2. The van der Waals surface area contributed by atoms with Crippen LogP contribution in [0, 0.1) is 23.7 Å². The summed E-state index contributed by atoms with van der Waals surface area (Å²) in [6.45, 7) is 2.36. The molecule has 3 N–H and O–H groups in total. The van der Waals surface area contributed by atoms with Crippen LogP contribution in [0.1, 0.15) is 51.9 Å². The summed E-state index contributed by atoms with van der Waals surface area (Å²) >= 11 is 0. The Bertz CT molecular complexity index is 365. The van der Waals surface area contributed by atoms with Crippen molar-refractivity contribution in [1.29, 1.82) is 0 Å². The van der Waals surface area contributed by atoms with Gasteiger partial charge in [0.05, 0.1) is 5.92 Å².